The van der Waals surface area contributed by atoms with Gasteiger partial charge < -0.3 is 10.6 Å². The first-order chi connectivity index (χ1) is 14.2. The van der Waals surface area contributed by atoms with Crippen molar-refractivity contribution in [1.82, 2.24) is 9.97 Å². The number of carbonyl (C=O) groups is 1. The monoisotopic (exact) mass is 382 g/mol. The molecule has 5 nitrogen and oxygen atoms in total. The van der Waals surface area contributed by atoms with Crippen LogP contribution in [0, 0.1) is 6.92 Å². The highest BCUT2D eigenvalue weighted by molar-refractivity contribution is 6.08. The maximum Gasteiger partial charge on any atom is 0.257 e. The van der Waals surface area contributed by atoms with Crippen LogP contribution in [0.5, 0.6) is 0 Å². The Labute approximate surface area is 169 Å². The maximum atomic E-state index is 12.8. The van der Waals surface area contributed by atoms with E-state index in [2.05, 4.69) is 52.6 Å². The quantitative estimate of drug-likeness (QED) is 0.478. The van der Waals surface area contributed by atoms with E-state index in [0.29, 0.717) is 11.3 Å². The van der Waals surface area contributed by atoms with Crippen molar-refractivity contribution in [2.75, 3.05) is 10.6 Å². The number of nitrogens with zero attached hydrogens (tertiary/aromatic N) is 2. The van der Waals surface area contributed by atoms with Crippen LogP contribution in [0.4, 0.5) is 17.1 Å². The Morgan fingerprint density at radius 3 is 2.72 bits per heavy atom. The molecule has 0 bridgehead atoms. The molecular weight excluding hydrogens is 360 g/mol. The van der Waals surface area contributed by atoms with Gasteiger partial charge in [0.25, 0.3) is 5.91 Å². The van der Waals surface area contributed by atoms with Crippen LogP contribution in [0.1, 0.15) is 28.4 Å². The van der Waals surface area contributed by atoms with Gasteiger partial charge in [0.2, 0.25) is 0 Å². The third-order valence-corrected chi connectivity index (χ3v) is 4.89. The van der Waals surface area contributed by atoms with Crippen molar-refractivity contribution in [1.29, 1.82) is 0 Å². The molecule has 0 radical (unpaired) electrons. The van der Waals surface area contributed by atoms with E-state index >= 15 is 0 Å². The summed E-state index contributed by atoms with van der Waals surface area (Å²) in [6, 6.07) is 17.6. The van der Waals surface area contributed by atoms with Crippen LogP contribution < -0.4 is 10.6 Å². The first-order valence-corrected chi connectivity index (χ1v) is 9.61. The largest absolute Gasteiger partial charge is 0.354 e. The fraction of sp³-hybridized carbons (Fsp3) is 0.125. The molecule has 0 atom stereocenters. The first kappa shape index (κ1) is 18.6. The van der Waals surface area contributed by atoms with E-state index in [0.717, 1.165) is 34.3 Å². The molecule has 2 aromatic heterocycles. The molecule has 0 fully saturated rings. The maximum absolute atomic E-state index is 12.8. The number of nitrogens with one attached hydrogen (secondary N) is 2. The molecule has 2 heterocycles. The van der Waals surface area contributed by atoms with E-state index in [1.807, 2.05) is 36.4 Å². The van der Waals surface area contributed by atoms with Gasteiger partial charge in [-0.05, 0) is 42.7 Å². The van der Waals surface area contributed by atoms with Gasteiger partial charge in [0.05, 0.1) is 28.7 Å². The number of aromatic nitrogens is 2. The lowest BCUT2D eigenvalue weighted by Crippen LogP contribution is -2.13. The lowest BCUT2D eigenvalue weighted by atomic mass is 10.1. The molecule has 144 valence electrons. The van der Waals surface area contributed by atoms with E-state index in [9.17, 15) is 4.79 Å². The summed E-state index contributed by atoms with van der Waals surface area (Å²) in [6.07, 6.45) is 5.93. The molecule has 0 spiro atoms. The van der Waals surface area contributed by atoms with Gasteiger partial charge in [-0.15, -0.1) is 0 Å². The third-order valence-electron chi connectivity index (χ3n) is 4.89. The number of rotatable bonds is 5. The summed E-state index contributed by atoms with van der Waals surface area (Å²) in [5.74, 6) is -0.222. The zero-order valence-electron chi connectivity index (χ0n) is 16.4. The van der Waals surface area contributed by atoms with Crippen molar-refractivity contribution >= 4 is 33.9 Å². The number of para-hydroxylation sites is 2. The van der Waals surface area contributed by atoms with Crippen LogP contribution in [0.25, 0.3) is 10.9 Å². The fourth-order valence-corrected chi connectivity index (χ4v) is 3.38. The lowest BCUT2D eigenvalue weighted by Gasteiger charge is -2.14. The van der Waals surface area contributed by atoms with E-state index < -0.39 is 0 Å². The fourth-order valence-electron chi connectivity index (χ4n) is 3.38. The van der Waals surface area contributed by atoms with Crippen LogP contribution in [0.3, 0.4) is 0 Å². The second-order valence-electron chi connectivity index (χ2n) is 6.88. The van der Waals surface area contributed by atoms with Gasteiger partial charge in [0, 0.05) is 23.5 Å². The minimum atomic E-state index is -0.222. The number of anilines is 3. The zero-order valence-corrected chi connectivity index (χ0v) is 16.4. The van der Waals surface area contributed by atoms with E-state index in [1.165, 1.54) is 5.56 Å². The van der Waals surface area contributed by atoms with E-state index in [4.69, 9.17) is 0 Å². The minimum absolute atomic E-state index is 0.222. The molecule has 1 amide bonds. The smallest absolute Gasteiger partial charge is 0.257 e. The Bertz CT molecular complexity index is 1180. The number of carbonyl (C=O) groups excluding carboxylic acids is 1. The average Bonchev–Trinajstić information content (AvgIpc) is 2.75. The van der Waals surface area contributed by atoms with Crippen LogP contribution in [-0.4, -0.2) is 15.9 Å². The van der Waals surface area contributed by atoms with Gasteiger partial charge in [-0.25, -0.2) is 0 Å². The topological polar surface area (TPSA) is 66.9 Å². The van der Waals surface area contributed by atoms with Crippen molar-refractivity contribution in [3.05, 3.63) is 89.9 Å². The summed E-state index contributed by atoms with van der Waals surface area (Å²) in [5.41, 5.74) is 6.14. The summed E-state index contributed by atoms with van der Waals surface area (Å²) in [4.78, 5) is 21.5. The van der Waals surface area contributed by atoms with E-state index in [1.54, 1.807) is 18.6 Å². The number of hydrogen-bond donors (Lipinski definition) is 2. The zero-order chi connectivity index (χ0) is 20.2. The molecule has 0 aliphatic carbocycles. The average molecular weight is 382 g/mol. The Hall–Kier alpha value is -3.73. The summed E-state index contributed by atoms with van der Waals surface area (Å²) in [6.45, 7) is 4.19. The van der Waals surface area contributed by atoms with Gasteiger partial charge in [0.1, 0.15) is 0 Å². The molecule has 0 aliphatic heterocycles. The van der Waals surface area contributed by atoms with Crippen LogP contribution in [0.2, 0.25) is 0 Å². The highest BCUT2D eigenvalue weighted by atomic mass is 16.1. The van der Waals surface area contributed by atoms with Crippen molar-refractivity contribution in [3.8, 4) is 0 Å². The van der Waals surface area contributed by atoms with Crippen LogP contribution in [-0.2, 0) is 6.42 Å². The number of hydrogen-bond acceptors (Lipinski definition) is 4. The molecule has 4 aromatic rings. The Morgan fingerprint density at radius 2 is 1.86 bits per heavy atom. The molecule has 0 saturated carbocycles. The standard InChI is InChI=1S/C24H22N4O/c1-3-17-8-4-7-16(2)22(17)27-20-13-19(14-25-15-20)24(29)28-21-11-5-9-18-10-6-12-26-23(18)21/h4-15,27H,3H2,1-2H3,(H,28,29). The Morgan fingerprint density at radius 1 is 1.03 bits per heavy atom. The number of pyridine rings is 2. The summed E-state index contributed by atoms with van der Waals surface area (Å²) in [5, 5.41) is 7.36. The van der Waals surface area contributed by atoms with Crippen molar-refractivity contribution in [2.45, 2.75) is 20.3 Å². The number of amides is 1. The van der Waals surface area contributed by atoms with Crippen LogP contribution >= 0.6 is 0 Å². The highest BCUT2D eigenvalue weighted by Gasteiger charge is 2.11. The van der Waals surface area contributed by atoms with Crippen molar-refractivity contribution in [2.24, 2.45) is 0 Å². The first-order valence-electron chi connectivity index (χ1n) is 9.61. The molecule has 0 aliphatic rings. The molecule has 29 heavy (non-hydrogen) atoms. The van der Waals surface area contributed by atoms with Crippen LogP contribution in [0.15, 0.2) is 73.2 Å². The summed E-state index contributed by atoms with van der Waals surface area (Å²) >= 11 is 0. The Kier molecular flexibility index (Phi) is 5.20. The minimum Gasteiger partial charge on any atom is -0.354 e. The van der Waals surface area contributed by atoms with Gasteiger partial charge in [-0.2, -0.15) is 0 Å². The van der Waals surface area contributed by atoms with Gasteiger partial charge in [-0.3, -0.25) is 14.8 Å². The second kappa shape index (κ2) is 8.10. The summed E-state index contributed by atoms with van der Waals surface area (Å²) in [7, 11) is 0. The summed E-state index contributed by atoms with van der Waals surface area (Å²) < 4.78 is 0. The molecule has 2 N–H and O–H groups in total. The van der Waals surface area contributed by atoms with E-state index in [-0.39, 0.29) is 5.91 Å². The predicted octanol–water partition coefficient (Wildman–Crippen LogP) is 5.50. The normalized spacial score (nSPS) is 10.7. The van der Waals surface area contributed by atoms with Gasteiger partial charge >= 0.3 is 0 Å². The molecule has 0 unspecified atom stereocenters. The molecule has 0 saturated heterocycles. The van der Waals surface area contributed by atoms with Crippen molar-refractivity contribution in [3.63, 3.8) is 0 Å². The lowest BCUT2D eigenvalue weighted by molar-refractivity contribution is 0.102. The predicted molar refractivity (Wildman–Crippen MR) is 118 cm³/mol. The van der Waals surface area contributed by atoms with Gasteiger partial charge in [0.15, 0.2) is 0 Å². The second-order valence-corrected chi connectivity index (χ2v) is 6.88. The molecular formula is C24H22N4O. The molecule has 2 aromatic carbocycles. The molecule has 5 heteroatoms. The number of aryl methyl sites for hydroxylation is 2. The van der Waals surface area contributed by atoms with Crippen molar-refractivity contribution < 1.29 is 4.79 Å². The van der Waals surface area contributed by atoms with Gasteiger partial charge in [-0.1, -0.05) is 43.3 Å². The number of benzene rings is 2. The molecule has 4 rings (SSSR count). The third kappa shape index (κ3) is 3.94. The Balaban J connectivity index is 1.60. The highest BCUT2D eigenvalue weighted by Crippen LogP contribution is 2.26. The number of fused-ring (bicyclic) bond motifs is 1. The SMILES string of the molecule is CCc1cccc(C)c1Nc1cncc(C(=O)Nc2cccc3cccnc23)c1.